The summed E-state index contributed by atoms with van der Waals surface area (Å²) in [4.78, 5) is 14.9. The zero-order valence-corrected chi connectivity index (χ0v) is 12.1. The second kappa shape index (κ2) is 5.94. The van der Waals surface area contributed by atoms with Crippen LogP contribution in [0.5, 0.6) is 0 Å². The topological polar surface area (TPSA) is 99.6 Å². The molecule has 1 aliphatic heterocycles. The average Bonchev–Trinajstić information content (AvgIpc) is 2.41. The van der Waals surface area contributed by atoms with Gasteiger partial charge in [0, 0.05) is 12.7 Å². The number of pyridine rings is 1. The van der Waals surface area contributed by atoms with Crippen LogP contribution in [-0.2, 0) is 15.0 Å². The smallest absolute Gasteiger partial charge is 0.322 e. The first kappa shape index (κ1) is 15.0. The Balaban J connectivity index is 2.25. The van der Waals surface area contributed by atoms with Crippen molar-refractivity contribution in [2.75, 3.05) is 11.3 Å². The molecule has 1 atom stereocenters. The van der Waals surface area contributed by atoms with Crippen LogP contribution in [0.4, 0.5) is 5.69 Å². The predicted molar refractivity (Wildman–Crippen MR) is 73.8 cm³/mol. The highest BCUT2D eigenvalue weighted by molar-refractivity contribution is 7.90. The molecule has 2 rings (SSSR count). The number of nitrogens with zero attached hydrogens (tertiary/aromatic N) is 2. The summed E-state index contributed by atoms with van der Waals surface area (Å²) in [5.41, 5.74) is 0.129. The molecule has 0 spiro atoms. The van der Waals surface area contributed by atoms with Gasteiger partial charge in [0.25, 0.3) is 0 Å². The van der Waals surface area contributed by atoms with Crippen molar-refractivity contribution in [1.82, 2.24) is 9.29 Å². The highest BCUT2D eigenvalue weighted by atomic mass is 35.5. The van der Waals surface area contributed by atoms with Crippen molar-refractivity contribution in [3.8, 4) is 0 Å². The molecule has 0 saturated carbocycles. The molecule has 2 heterocycles. The molecule has 1 aromatic rings. The van der Waals surface area contributed by atoms with Crippen LogP contribution >= 0.6 is 11.6 Å². The van der Waals surface area contributed by atoms with Gasteiger partial charge in [-0.3, -0.25) is 14.5 Å². The van der Waals surface area contributed by atoms with E-state index in [1.165, 1.54) is 18.5 Å². The van der Waals surface area contributed by atoms with E-state index in [1.54, 1.807) is 0 Å². The second-order valence-electron chi connectivity index (χ2n) is 4.42. The van der Waals surface area contributed by atoms with E-state index in [0.29, 0.717) is 19.3 Å². The van der Waals surface area contributed by atoms with Gasteiger partial charge in [-0.05, 0) is 25.3 Å². The molecule has 110 valence electrons. The van der Waals surface area contributed by atoms with E-state index in [-0.39, 0.29) is 17.3 Å². The van der Waals surface area contributed by atoms with Crippen LogP contribution in [0.3, 0.4) is 0 Å². The van der Waals surface area contributed by atoms with Crippen LogP contribution in [0.15, 0.2) is 18.5 Å². The molecule has 0 bridgehead atoms. The van der Waals surface area contributed by atoms with Gasteiger partial charge in [0.2, 0.25) is 0 Å². The second-order valence-corrected chi connectivity index (χ2v) is 6.45. The number of aromatic nitrogens is 1. The molecular formula is C11H14ClN3O4S. The number of piperidine rings is 1. The highest BCUT2D eigenvalue weighted by Gasteiger charge is 2.36. The fourth-order valence-electron chi connectivity index (χ4n) is 2.09. The third-order valence-corrected chi connectivity index (χ3v) is 4.92. The molecule has 2 N–H and O–H groups in total. The monoisotopic (exact) mass is 319 g/mol. The predicted octanol–water partition coefficient (Wildman–Crippen LogP) is 1.33. The molecule has 0 aromatic carbocycles. The summed E-state index contributed by atoms with van der Waals surface area (Å²) in [5, 5.41) is 9.32. The summed E-state index contributed by atoms with van der Waals surface area (Å²) in [6.45, 7) is 0.171. The van der Waals surface area contributed by atoms with Crippen LogP contribution < -0.4 is 4.72 Å². The molecule has 7 nitrogen and oxygen atoms in total. The van der Waals surface area contributed by atoms with E-state index in [4.69, 9.17) is 16.7 Å². The Bertz CT molecular complexity index is 607. The van der Waals surface area contributed by atoms with Crippen LogP contribution in [0.25, 0.3) is 0 Å². The minimum absolute atomic E-state index is 0.129. The Morgan fingerprint density at radius 3 is 2.90 bits per heavy atom. The van der Waals surface area contributed by atoms with Crippen molar-refractivity contribution >= 4 is 33.5 Å². The number of carboxylic acids is 1. The van der Waals surface area contributed by atoms with E-state index in [9.17, 15) is 13.2 Å². The summed E-state index contributed by atoms with van der Waals surface area (Å²) in [6, 6.07) is 0.404. The van der Waals surface area contributed by atoms with Gasteiger partial charge in [-0.2, -0.15) is 12.7 Å². The van der Waals surface area contributed by atoms with E-state index in [0.717, 1.165) is 4.31 Å². The molecule has 9 heteroatoms. The van der Waals surface area contributed by atoms with Crippen molar-refractivity contribution in [2.45, 2.75) is 25.3 Å². The SMILES string of the molecule is O=C(O)C1CCCCN1S(=O)(=O)Nc1cnccc1Cl. The lowest BCUT2D eigenvalue weighted by atomic mass is 10.1. The molecule has 1 saturated heterocycles. The summed E-state index contributed by atoms with van der Waals surface area (Å²) in [7, 11) is -3.98. The maximum Gasteiger partial charge on any atom is 0.322 e. The van der Waals surface area contributed by atoms with Gasteiger partial charge in [-0.15, -0.1) is 0 Å². The fraction of sp³-hybridized carbons (Fsp3) is 0.455. The Morgan fingerprint density at radius 1 is 1.50 bits per heavy atom. The molecule has 1 aliphatic rings. The number of hydrogen-bond donors (Lipinski definition) is 2. The van der Waals surface area contributed by atoms with Crippen molar-refractivity contribution < 1.29 is 18.3 Å². The molecule has 0 amide bonds. The van der Waals surface area contributed by atoms with Crippen molar-refractivity contribution in [3.63, 3.8) is 0 Å². The molecular weight excluding hydrogens is 306 g/mol. The van der Waals surface area contributed by atoms with Crippen molar-refractivity contribution in [2.24, 2.45) is 0 Å². The maximum atomic E-state index is 12.3. The first-order chi connectivity index (χ1) is 9.42. The quantitative estimate of drug-likeness (QED) is 0.872. The lowest BCUT2D eigenvalue weighted by molar-refractivity contribution is -0.142. The summed E-state index contributed by atoms with van der Waals surface area (Å²) >= 11 is 5.87. The average molecular weight is 320 g/mol. The Hall–Kier alpha value is -1.38. The zero-order chi connectivity index (χ0) is 14.8. The number of carboxylic acid groups (broad SMARTS) is 1. The lowest BCUT2D eigenvalue weighted by Gasteiger charge is -2.31. The Kier molecular flexibility index (Phi) is 4.46. The third-order valence-electron chi connectivity index (χ3n) is 3.05. The highest BCUT2D eigenvalue weighted by Crippen LogP contribution is 2.25. The first-order valence-electron chi connectivity index (χ1n) is 6.04. The van der Waals surface area contributed by atoms with Crippen molar-refractivity contribution in [3.05, 3.63) is 23.5 Å². The third kappa shape index (κ3) is 3.20. The molecule has 0 aliphatic carbocycles. The number of anilines is 1. The minimum Gasteiger partial charge on any atom is -0.480 e. The standard InChI is InChI=1S/C11H14ClN3O4S/c12-8-4-5-13-7-9(8)14-20(18,19)15-6-2-1-3-10(15)11(16)17/h4-5,7,10,14H,1-3,6H2,(H,16,17). The van der Waals surface area contributed by atoms with Crippen molar-refractivity contribution in [1.29, 1.82) is 0 Å². The zero-order valence-electron chi connectivity index (χ0n) is 10.5. The molecule has 20 heavy (non-hydrogen) atoms. The summed E-state index contributed by atoms with van der Waals surface area (Å²) in [6.07, 6.45) is 4.33. The molecule has 1 aromatic heterocycles. The van der Waals surface area contributed by atoms with Crippen LogP contribution in [0.2, 0.25) is 5.02 Å². The van der Waals surface area contributed by atoms with Gasteiger partial charge in [0.05, 0.1) is 16.9 Å². The Morgan fingerprint density at radius 2 is 2.25 bits per heavy atom. The summed E-state index contributed by atoms with van der Waals surface area (Å²) in [5.74, 6) is -1.15. The van der Waals surface area contributed by atoms with Gasteiger partial charge in [0.1, 0.15) is 6.04 Å². The molecule has 1 fully saturated rings. The van der Waals surface area contributed by atoms with Gasteiger partial charge in [-0.25, -0.2) is 0 Å². The largest absolute Gasteiger partial charge is 0.480 e. The van der Waals surface area contributed by atoms with Gasteiger partial charge in [0.15, 0.2) is 0 Å². The molecule has 0 radical (unpaired) electrons. The van der Waals surface area contributed by atoms with Gasteiger partial charge >= 0.3 is 16.2 Å². The van der Waals surface area contributed by atoms with E-state index in [1.807, 2.05) is 0 Å². The van der Waals surface area contributed by atoms with Crippen LogP contribution in [0, 0.1) is 0 Å². The number of carbonyl (C=O) groups is 1. The lowest BCUT2D eigenvalue weighted by Crippen LogP contribution is -2.49. The fourth-order valence-corrected chi connectivity index (χ4v) is 3.76. The summed E-state index contributed by atoms with van der Waals surface area (Å²) < 4.78 is 27.8. The normalized spacial score (nSPS) is 20.6. The number of halogens is 1. The number of rotatable bonds is 4. The number of nitrogens with one attached hydrogen (secondary N) is 1. The first-order valence-corrected chi connectivity index (χ1v) is 7.85. The van der Waals surface area contributed by atoms with Crippen LogP contribution in [-0.4, -0.2) is 41.4 Å². The van der Waals surface area contributed by atoms with E-state index < -0.39 is 22.2 Å². The Labute approximate surface area is 121 Å². The van der Waals surface area contributed by atoms with Crippen LogP contribution in [0.1, 0.15) is 19.3 Å². The van der Waals surface area contributed by atoms with E-state index in [2.05, 4.69) is 9.71 Å². The van der Waals surface area contributed by atoms with Gasteiger partial charge in [-0.1, -0.05) is 11.6 Å². The van der Waals surface area contributed by atoms with Gasteiger partial charge < -0.3 is 5.11 Å². The molecule has 1 unspecified atom stereocenters. The van der Waals surface area contributed by atoms with E-state index >= 15 is 0 Å². The number of hydrogen-bond acceptors (Lipinski definition) is 4. The number of aliphatic carboxylic acids is 1. The minimum atomic E-state index is -3.98. The maximum absolute atomic E-state index is 12.3.